The summed E-state index contributed by atoms with van der Waals surface area (Å²) in [5, 5.41) is 8.90. The average molecular weight is 238 g/mol. The van der Waals surface area contributed by atoms with Crippen LogP contribution < -0.4 is 0 Å². The Kier molecular flexibility index (Phi) is 2.64. The maximum absolute atomic E-state index is 11.0. The SMILES string of the molecule is Cc1c(C(Cl)C(=O)O)c2ccccc2n1C. The molecule has 1 unspecified atom stereocenters. The topological polar surface area (TPSA) is 42.2 Å². The number of hydrogen-bond donors (Lipinski definition) is 1. The second kappa shape index (κ2) is 3.83. The van der Waals surface area contributed by atoms with Gasteiger partial charge in [-0.15, -0.1) is 11.6 Å². The molecule has 4 heteroatoms. The summed E-state index contributed by atoms with van der Waals surface area (Å²) in [6, 6.07) is 7.67. The predicted molar refractivity (Wildman–Crippen MR) is 63.9 cm³/mol. The number of nitrogens with zero attached hydrogens (tertiary/aromatic N) is 1. The third-order valence-electron chi connectivity index (χ3n) is 2.92. The Labute approximate surface area is 98.3 Å². The fourth-order valence-electron chi connectivity index (χ4n) is 1.99. The lowest BCUT2D eigenvalue weighted by atomic mass is 10.1. The minimum absolute atomic E-state index is 0.687. The van der Waals surface area contributed by atoms with Gasteiger partial charge in [0.1, 0.15) is 0 Å². The molecule has 0 amide bonds. The summed E-state index contributed by atoms with van der Waals surface area (Å²) in [7, 11) is 1.91. The van der Waals surface area contributed by atoms with Crippen molar-refractivity contribution in [1.29, 1.82) is 0 Å². The lowest BCUT2D eigenvalue weighted by Crippen LogP contribution is -2.06. The van der Waals surface area contributed by atoms with E-state index < -0.39 is 11.3 Å². The Balaban J connectivity index is 2.78. The maximum Gasteiger partial charge on any atom is 0.326 e. The summed E-state index contributed by atoms with van der Waals surface area (Å²) in [5.41, 5.74) is 2.58. The van der Waals surface area contributed by atoms with Crippen LogP contribution in [-0.2, 0) is 11.8 Å². The number of carboxylic acids is 1. The molecular formula is C12H12ClNO2. The molecule has 3 nitrogen and oxygen atoms in total. The molecule has 0 aliphatic carbocycles. The van der Waals surface area contributed by atoms with Crippen molar-refractivity contribution in [3.63, 3.8) is 0 Å². The zero-order valence-corrected chi connectivity index (χ0v) is 9.82. The van der Waals surface area contributed by atoms with Crippen molar-refractivity contribution in [2.75, 3.05) is 0 Å². The van der Waals surface area contributed by atoms with Crippen molar-refractivity contribution in [3.8, 4) is 0 Å². The summed E-state index contributed by atoms with van der Waals surface area (Å²) in [6.45, 7) is 1.88. The van der Waals surface area contributed by atoms with Gasteiger partial charge in [0.15, 0.2) is 5.38 Å². The standard InChI is InChI=1S/C12H12ClNO2/c1-7-10(11(13)12(15)16)8-5-3-4-6-9(8)14(7)2/h3-6,11H,1-2H3,(H,15,16). The summed E-state index contributed by atoms with van der Waals surface area (Å²) in [4.78, 5) is 11.0. The van der Waals surface area contributed by atoms with Crippen molar-refractivity contribution in [1.82, 2.24) is 4.57 Å². The molecule has 1 aromatic heterocycles. The Morgan fingerprint density at radius 1 is 1.44 bits per heavy atom. The largest absolute Gasteiger partial charge is 0.480 e. The molecule has 84 valence electrons. The summed E-state index contributed by atoms with van der Waals surface area (Å²) < 4.78 is 1.96. The van der Waals surface area contributed by atoms with E-state index in [2.05, 4.69) is 0 Å². The van der Waals surface area contributed by atoms with E-state index in [0.29, 0.717) is 5.56 Å². The van der Waals surface area contributed by atoms with Gasteiger partial charge in [0, 0.05) is 29.2 Å². The van der Waals surface area contributed by atoms with Gasteiger partial charge in [-0.1, -0.05) is 18.2 Å². The first-order valence-corrected chi connectivity index (χ1v) is 5.38. The number of halogens is 1. The van der Waals surface area contributed by atoms with Gasteiger partial charge in [0.25, 0.3) is 0 Å². The first-order chi connectivity index (χ1) is 7.54. The summed E-state index contributed by atoms with van der Waals surface area (Å²) >= 11 is 5.93. The Bertz CT molecular complexity index is 559. The van der Waals surface area contributed by atoms with Gasteiger partial charge in [-0.05, 0) is 13.0 Å². The van der Waals surface area contributed by atoms with Gasteiger partial charge < -0.3 is 9.67 Å². The minimum atomic E-state index is -1.01. The molecule has 1 atom stereocenters. The second-order valence-electron chi connectivity index (χ2n) is 3.78. The van der Waals surface area contributed by atoms with E-state index in [1.165, 1.54) is 0 Å². The highest BCUT2D eigenvalue weighted by atomic mass is 35.5. The number of aromatic nitrogens is 1. The van der Waals surface area contributed by atoms with Crippen molar-refractivity contribution >= 4 is 28.5 Å². The van der Waals surface area contributed by atoms with Gasteiger partial charge in [0.2, 0.25) is 0 Å². The van der Waals surface area contributed by atoms with Gasteiger partial charge in [-0.3, -0.25) is 4.79 Å². The van der Waals surface area contributed by atoms with Crippen LogP contribution in [0.25, 0.3) is 10.9 Å². The number of carboxylic acid groups (broad SMARTS) is 1. The number of benzene rings is 1. The van der Waals surface area contributed by atoms with Gasteiger partial charge in [0.05, 0.1) is 0 Å². The average Bonchev–Trinajstić information content (AvgIpc) is 2.52. The molecule has 0 aliphatic rings. The molecule has 1 aromatic carbocycles. The summed E-state index contributed by atoms with van der Waals surface area (Å²) in [6.07, 6.45) is 0. The smallest absolute Gasteiger partial charge is 0.326 e. The fourth-order valence-corrected chi connectivity index (χ4v) is 2.27. The van der Waals surface area contributed by atoms with Gasteiger partial charge in [-0.2, -0.15) is 0 Å². The molecule has 0 bridgehead atoms. The van der Waals surface area contributed by atoms with Gasteiger partial charge >= 0.3 is 5.97 Å². The van der Waals surface area contributed by atoms with Gasteiger partial charge in [-0.25, -0.2) is 0 Å². The van der Waals surface area contributed by atoms with Crippen LogP contribution in [0.3, 0.4) is 0 Å². The zero-order chi connectivity index (χ0) is 11.9. The Morgan fingerprint density at radius 3 is 2.69 bits per heavy atom. The molecule has 1 N–H and O–H groups in total. The van der Waals surface area contributed by atoms with E-state index in [-0.39, 0.29) is 0 Å². The normalized spacial score (nSPS) is 12.9. The lowest BCUT2D eigenvalue weighted by molar-refractivity contribution is -0.136. The molecule has 1 heterocycles. The number of fused-ring (bicyclic) bond motifs is 1. The molecule has 2 rings (SSSR count). The van der Waals surface area contributed by atoms with Crippen molar-refractivity contribution < 1.29 is 9.90 Å². The third kappa shape index (κ3) is 1.48. The fraction of sp³-hybridized carbons (Fsp3) is 0.250. The van der Waals surface area contributed by atoms with E-state index in [1.807, 2.05) is 42.8 Å². The molecule has 0 saturated carbocycles. The van der Waals surface area contributed by atoms with E-state index >= 15 is 0 Å². The van der Waals surface area contributed by atoms with Crippen LogP contribution in [0.4, 0.5) is 0 Å². The van der Waals surface area contributed by atoms with Crippen molar-refractivity contribution in [2.45, 2.75) is 12.3 Å². The van der Waals surface area contributed by atoms with Crippen LogP contribution in [0.5, 0.6) is 0 Å². The summed E-state index contributed by atoms with van der Waals surface area (Å²) in [5.74, 6) is -1.01. The van der Waals surface area contributed by atoms with Crippen LogP contribution in [0.15, 0.2) is 24.3 Å². The molecular weight excluding hydrogens is 226 g/mol. The molecule has 0 saturated heterocycles. The van der Waals surface area contributed by atoms with E-state index in [0.717, 1.165) is 16.6 Å². The predicted octanol–water partition coefficient (Wildman–Crippen LogP) is 2.85. The van der Waals surface area contributed by atoms with Crippen LogP contribution in [0, 0.1) is 6.92 Å². The van der Waals surface area contributed by atoms with E-state index in [9.17, 15) is 4.79 Å². The van der Waals surface area contributed by atoms with Crippen LogP contribution in [-0.4, -0.2) is 15.6 Å². The van der Waals surface area contributed by atoms with Crippen LogP contribution in [0.1, 0.15) is 16.6 Å². The number of carbonyl (C=O) groups is 1. The number of aliphatic carboxylic acids is 1. The number of aryl methyl sites for hydroxylation is 1. The number of alkyl halides is 1. The highest BCUT2D eigenvalue weighted by Gasteiger charge is 2.23. The molecule has 0 aliphatic heterocycles. The highest BCUT2D eigenvalue weighted by molar-refractivity contribution is 6.30. The van der Waals surface area contributed by atoms with Crippen molar-refractivity contribution in [2.24, 2.45) is 7.05 Å². The third-order valence-corrected chi connectivity index (χ3v) is 3.32. The van der Waals surface area contributed by atoms with Crippen LogP contribution in [0.2, 0.25) is 0 Å². The molecule has 0 spiro atoms. The quantitative estimate of drug-likeness (QED) is 0.817. The second-order valence-corrected chi connectivity index (χ2v) is 4.21. The van der Waals surface area contributed by atoms with E-state index in [4.69, 9.17) is 16.7 Å². The number of para-hydroxylation sites is 1. The molecule has 0 radical (unpaired) electrons. The van der Waals surface area contributed by atoms with Crippen molar-refractivity contribution in [3.05, 3.63) is 35.5 Å². The molecule has 2 aromatic rings. The zero-order valence-electron chi connectivity index (χ0n) is 9.07. The van der Waals surface area contributed by atoms with Crippen LogP contribution >= 0.6 is 11.6 Å². The molecule has 16 heavy (non-hydrogen) atoms. The monoisotopic (exact) mass is 237 g/mol. The Hall–Kier alpha value is -1.48. The highest BCUT2D eigenvalue weighted by Crippen LogP contribution is 2.33. The number of hydrogen-bond acceptors (Lipinski definition) is 1. The Morgan fingerprint density at radius 2 is 2.06 bits per heavy atom. The number of rotatable bonds is 2. The lowest BCUT2D eigenvalue weighted by Gasteiger charge is -2.05. The van der Waals surface area contributed by atoms with E-state index in [1.54, 1.807) is 0 Å². The first-order valence-electron chi connectivity index (χ1n) is 4.95. The molecule has 0 fully saturated rings. The first kappa shape index (κ1) is 11.0. The minimum Gasteiger partial charge on any atom is -0.480 e. The maximum atomic E-state index is 11.0.